The molecule has 0 radical (unpaired) electrons. The van der Waals surface area contributed by atoms with E-state index in [4.69, 9.17) is 16.3 Å². The molecule has 2 aromatic heterocycles. The first kappa shape index (κ1) is 19.8. The van der Waals surface area contributed by atoms with Gasteiger partial charge in [-0.25, -0.2) is 9.78 Å². The molecule has 1 unspecified atom stereocenters. The summed E-state index contributed by atoms with van der Waals surface area (Å²) in [5.74, 6) is -1.03. The van der Waals surface area contributed by atoms with Gasteiger partial charge in [0.15, 0.2) is 6.10 Å². The predicted octanol–water partition coefficient (Wildman–Crippen LogP) is 6.17. The standard InChI is InChI=1S/C21H22ClNO3S/c1-11-10-15-17(13-6-8-14(22)9-7-13)16(12(2)23-19(15)27-11)18(20(24)25)26-21(3,4)5/h6-10,18H,1-5H3,(H,24,25). The molecule has 0 bridgehead atoms. The van der Waals surface area contributed by atoms with Crippen LogP contribution in [0.15, 0.2) is 30.3 Å². The lowest BCUT2D eigenvalue weighted by atomic mass is 9.92. The highest BCUT2D eigenvalue weighted by Gasteiger charge is 2.32. The molecule has 4 nitrogen and oxygen atoms in total. The lowest BCUT2D eigenvalue weighted by molar-refractivity contribution is -0.160. The average molecular weight is 404 g/mol. The number of aryl methyl sites for hydroxylation is 2. The van der Waals surface area contributed by atoms with Gasteiger partial charge in [-0.15, -0.1) is 11.3 Å². The van der Waals surface area contributed by atoms with Crippen molar-refractivity contribution in [3.05, 3.63) is 51.5 Å². The van der Waals surface area contributed by atoms with E-state index in [1.54, 1.807) is 11.3 Å². The van der Waals surface area contributed by atoms with Crippen LogP contribution >= 0.6 is 22.9 Å². The zero-order valence-electron chi connectivity index (χ0n) is 16.0. The van der Waals surface area contributed by atoms with Crippen LogP contribution < -0.4 is 0 Å². The summed E-state index contributed by atoms with van der Waals surface area (Å²) in [5.41, 5.74) is 2.37. The zero-order chi connectivity index (χ0) is 19.9. The minimum atomic E-state index is -1.12. The first-order valence-electron chi connectivity index (χ1n) is 8.64. The zero-order valence-corrected chi connectivity index (χ0v) is 17.5. The minimum absolute atomic E-state index is 0.588. The van der Waals surface area contributed by atoms with Gasteiger partial charge in [-0.3, -0.25) is 0 Å². The van der Waals surface area contributed by atoms with Gasteiger partial charge in [-0.05, 0) is 58.4 Å². The number of fused-ring (bicyclic) bond motifs is 1. The van der Waals surface area contributed by atoms with E-state index in [-0.39, 0.29) is 0 Å². The summed E-state index contributed by atoms with van der Waals surface area (Å²) in [6.45, 7) is 9.40. The number of ether oxygens (including phenoxy) is 1. The third kappa shape index (κ3) is 4.15. The number of thiophene rings is 1. The van der Waals surface area contributed by atoms with Crippen LogP contribution in [0.5, 0.6) is 0 Å². The third-order valence-electron chi connectivity index (χ3n) is 4.12. The molecule has 0 aliphatic carbocycles. The van der Waals surface area contributed by atoms with Gasteiger partial charge >= 0.3 is 5.97 Å². The van der Waals surface area contributed by atoms with Gasteiger partial charge in [0.2, 0.25) is 0 Å². The molecular weight excluding hydrogens is 382 g/mol. The molecule has 27 heavy (non-hydrogen) atoms. The second-order valence-corrected chi connectivity index (χ2v) is 9.19. The molecule has 2 heterocycles. The Hall–Kier alpha value is -1.95. The Balaban J connectivity index is 2.36. The van der Waals surface area contributed by atoms with Crippen molar-refractivity contribution in [3.63, 3.8) is 0 Å². The SMILES string of the molecule is Cc1cc2c(-c3ccc(Cl)cc3)c(C(OC(C)(C)C)C(=O)O)c(C)nc2s1. The fourth-order valence-corrected chi connectivity index (χ4v) is 4.20. The summed E-state index contributed by atoms with van der Waals surface area (Å²) in [6.07, 6.45) is -1.12. The van der Waals surface area contributed by atoms with Crippen molar-refractivity contribution >= 4 is 39.1 Å². The predicted molar refractivity (Wildman–Crippen MR) is 111 cm³/mol. The molecule has 0 saturated heterocycles. The molecule has 142 valence electrons. The van der Waals surface area contributed by atoms with E-state index in [0.717, 1.165) is 26.2 Å². The number of carboxylic acid groups (broad SMARTS) is 1. The van der Waals surface area contributed by atoms with Crippen molar-refractivity contribution in [2.45, 2.75) is 46.3 Å². The van der Waals surface area contributed by atoms with E-state index in [0.29, 0.717) is 16.3 Å². The van der Waals surface area contributed by atoms with Gasteiger partial charge < -0.3 is 9.84 Å². The number of hydrogen-bond acceptors (Lipinski definition) is 4. The van der Waals surface area contributed by atoms with Gasteiger partial charge in [0, 0.05) is 32.1 Å². The van der Waals surface area contributed by atoms with Crippen LogP contribution in [0.1, 0.15) is 43.0 Å². The fourth-order valence-electron chi connectivity index (χ4n) is 3.14. The van der Waals surface area contributed by atoms with Crippen molar-refractivity contribution in [2.24, 2.45) is 0 Å². The molecule has 1 N–H and O–H groups in total. The summed E-state index contributed by atoms with van der Waals surface area (Å²) in [5, 5.41) is 11.5. The molecule has 3 aromatic rings. The fraction of sp³-hybridized carbons (Fsp3) is 0.333. The van der Waals surface area contributed by atoms with Crippen LogP contribution in [-0.4, -0.2) is 21.7 Å². The molecule has 0 amide bonds. The highest BCUT2D eigenvalue weighted by Crippen LogP contribution is 2.41. The average Bonchev–Trinajstić information content (AvgIpc) is 2.91. The molecule has 1 atom stereocenters. The smallest absolute Gasteiger partial charge is 0.337 e. The summed E-state index contributed by atoms with van der Waals surface area (Å²) >= 11 is 7.66. The molecule has 0 saturated carbocycles. The van der Waals surface area contributed by atoms with Crippen LogP contribution in [0, 0.1) is 13.8 Å². The Morgan fingerprint density at radius 2 is 1.85 bits per heavy atom. The van der Waals surface area contributed by atoms with Crippen molar-refractivity contribution in [3.8, 4) is 11.1 Å². The van der Waals surface area contributed by atoms with E-state index in [1.807, 2.05) is 58.9 Å². The van der Waals surface area contributed by atoms with E-state index in [9.17, 15) is 9.90 Å². The number of benzene rings is 1. The van der Waals surface area contributed by atoms with Crippen LogP contribution in [0.2, 0.25) is 5.02 Å². The number of nitrogens with zero attached hydrogens (tertiary/aromatic N) is 1. The normalized spacial score (nSPS) is 13.1. The van der Waals surface area contributed by atoms with E-state index >= 15 is 0 Å². The Bertz CT molecular complexity index is 1000. The first-order chi connectivity index (χ1) is 12.6. The van der Waals surface area contributed by atoms with Crippen LogP contribution in [0.4, 0.5) is 0 Å². The third-order valence-corrected chi connectivity index (χ3v) is 5.32. The van der Waals surface area contributed by atoms with Gasteiger partial charge in [0.1, 0.15) is 4.83 Å². The van der Waals surface area contributed by atoms with E-state index in [2.05, 4.69) is 11.1 Å². The topological polar surface area (TPSA) is 59.4 Å². The molecule has 3 rings (SSSR count). The molecular formula is C21H22ClNO3S. The number of carbonyl (C=O) groups is 1. The van der Waals surface area contributed by atoms with Crippen LogP contribution in [-0.2, 0) is 9.53 Å². The monoisotopic (exact) mass is 403 g/mol. The van der Waals surface area contributed by atoms with Crippen molar-refractivity contribution < 1.29 is 14.6 Å². The Kier molecular flexibility index (Phi) is 5.30. The number of hydrogen-bond donors (Lipinski definition) is 1. The number of aliphatic carboxylic acids is 1. The largest absolute Gasteiger partial charge is 0.479 e. The number of carboxylic acids is 1. The van der Waals surface area contributed by atoms with Crippen molar-refractivity contribution in [2.75, 3.05) is 0 Å². The lowest BCUT2D eigenvalue weighted by Gasteiger charge is -2.27. The molecule has 0 spiro atoms. The highest BCUT2D eigenvalue weighted by atomic mass is 35.5. The number of rotatable bonds is 4. The summed E-state index contributed by atoms with van der Waals surface area (Å²) in [4.78, 5) is 18.8. The molecule has 1 aromatic carbocycles. The maximum absolute atomic E-state index is 12.1. The maximum Gasteiger partial charge on any atom is 0.337 e. The molecule has 0 fully saturated rings. The Labute approximate surface area is 167 Å². The second-order valence-electron chi connectivity index (χ2n) is 7.52. The van der Waals surface area contributed by atoms with Crippen molar-refractivity contribution in [1.82, 2.24) is 4.98 Å². The van der Waals surface area contributed by atoms with E-state index in [1.165, 1.54) is 0 Å². The quantitative estimate of drug-likeness (QED) is 0.565. The summed E-state index contributed by atoms with van der Waals surface area (Å²) in [6, 6.07) is 9.48. The van der Waals surface area contributed by atoms with Gasteiger partial charge in [0.05, 0.1) is 5.60 Å². The molecule has 0 aliphatic heterocycles. The van der Waals surface area contributed by atoms with Crippen LogP contribution in [0.25, 0.3) is 21.3 Å². The Morgan fingerprint density at radius 1 is 1.22 bits per heavy atom. The van der Waals surface area contributed by atoms with Gasteiger partial charge in [-0.2, -0.15) is 0 Å². The number of aromatic nitrogens is 1. The lowest BCUT2D eigenvalue weighted by Crippen LogP contribution is -2.28. The maximum atomic E-state index is 12.1. The Morgan fingerprint density at radius 3 is 2.41 bits per heavy atom. The number of pyridine rings is 1. The highest BCUT2D eigenvalue weighted by molar-refractivity contribution is 7.18. The van der Waals surface area contributed by atoms with E-state index < -0.39 is 17.7 Å². The minimum Gasteiger partial charge on any atom is -0.479 e. The summed E-state index contributed by atoms with van der Waals surface area (Å²) in [7, 11) is 0. The first-order valence-corrected chi connectivity index (χ1v) is 9.83. The second kappa shape index (κ2) is 7.23. The van der Waals surface area contributed by atoms with Crippen molar-refractivity contribution in [1.29, 1.82) is 0 Å². The molecule has 6 heteroatoms. The number of halogens is 1. The van der Waals surface area contributed by atoms with Crippen LogP contribution in [0.3, 0.4) is 0 Å². The van der Waals surface area contributed by atoms with Gasteiger partial charge in [0.25, 0.3) is 0 Å². The molecule has 0 aliphatic rings. The van der Waals surface area contributed by atoms with Gasteiger partial charge in [-0.1, -0.05) is 23.7 Å². The summed E-state index contributed by atoms with van der Waals surface area (Å²) < 4.78 is 5.95.